The van der Waals surface area contributed by atoms with Crippen molar-refractivity contribution in [1.82, 2.24) is 4.98 Å². The molecule has 1 saturated heterocycles. The molecular weight excluding hydrogens is 566 g/mol. The van der Waals surface area contributed by atoms with E-state index in [9.17, 15) is 23.7 Å². The molecular formula is C27H28ClNO8S2. The number of aromatic nitrogens is 1. The number of aliphatic hydroxyl groups excluding tert-OH is 3. The number of thiazole rings is 1. The average Bonchev–Trinajstić information content (AvgIpc) is 3.61. The molecule has 5 atom stereocenters. The number of aryl methyl sites for hydroxylation is 1. The molecule has 3 heterocycles. The Labute approximate surface area is 235 Å². The summed E-state index contributed by atoms with van der Waals surface area (Å²) in [5.41, 5.74) is 2.11. The molecule has 1 aromatic heterocycles. The summed E-state index contributed by atoms with van der Waals surface area (Å²) < 4.78 is 41.9. The summed E-state index contributed by atoms with van der Waals surface area (Å²) in [7, 11) is -4.14. The Morgan fingerprint density at radius 1 is 1.10 bits per heavy atom. The van der Waals surface area contributed by atoms with Crippen molar-refractivity contribution in [2.75, 3.05) is 13.2 Å². The van der Waals surface area contributed by atoms with Crippen LogP contribution < -0.4 is 0 Å². The third-order valence-corrected chi connectivity index (χ3v) is 9.33. The summed E-state index contributed by atoms with van der Waals surface area (Å²) in [4.78, 5) is 5.37. The van der Waals surface area contributed by atoms with E-state index in [0.717, 1.165) is 33.2 Å². The minimum Gasteiger partial charge on any atom is -0.492 e. The Bertz CT molecular complexity index is 1460. The zero-order valence-corrected chi connectivity index (χ0v) is 23.3. The number of halogens is 1. The van der Waals surface area contributed by atoms with E-state index in [2.05, 4.69) is 4.98 Å². The highest BCUT2D eigenvalue weighted by Crippen LogP contribution is 2.36. The first-order valence-electron chi connectivity index (χ1n) is 12.3. The topological polar surface area (TPSA) is 135 Å². The monoisotopic (exact) mass is 593 g/mol. The van der Waals surface area contributed by atoms with Crippen LogP contribution in [0.4, 0.5) is 0 Å². The van der Waals surface area contributed by atoms with E-state index in [4.69, 9.17) is 25.3 Å². The first kappa shape index (κ1) is 28.2. The molecule has 0 saturated carbocycles. The van der Waals surface area contributed by atoms with Gasteiger partial charge in [-0.1, -0.05) is 41.4 Å². The van der Waals surface area contributed by atoms with Crippen molar-refractivity contribution < 1.29 is 37.4 Å². The molecule has 1 fully saturated rings. The number of hydrogen-bond acceptors (Lipinski definition) is 10. The molecule has 208 valence electrons. The maximum Gasteiger partial charge on any atom is 0.297 e. The van der Waals surface area contributed by atoms with Gasteiger partial charge in [-0.05, 0) is 42.3 Å². The lowest BCUT2D eigenvalue weighted by atomic mass is 9.90. The van der Waals surface area contributed by atoms with Gasteiger partial charge in [0.25, 0.3) is 10.1 Å². The Hall–Kier alpha value is -2.35. The van der Waals surface area contributed by atoms with Crippen LogP contribution in [-0.2, 0) is 30.2 Å². The van der Waals surface area contributed by atoms with Gasteiger partial charge in [-0.15, -0.1) is 11.3 Å². The van der Waals surface area contributed by atoms with Gasteiger partial charge >= 0.3 is 0 Å². The van der Waals surface area contributed by atoms with Crippen molar-refractivity contribution >= 4 is 38.8 Å². The smallest absolute Gasteiger partial charge is 0.297 e. The third-order valence-electron chi connectivity index (χ3n) is 6.65. The molecule has 12 heteroatoms. The largest absolute Gasteiger partial charge is 0.492 e. The van der Waals surface area contributed by atoms with Crippen LogP contribution in [0.1, 0.15) is 39.1 Å². The Balaban J connectivity index is 1.32. The fourth-order valence-electron chi connectivity index (χ4n) is 4.46. The van der Waals surface area contributed by atoms with Crippen molar-refractivity contribution in [2.24, 2.45) is 0 Å². The molecule has 0 unspecified atom stereocenters. The standard InChI is InChI=1S/C27H28ClNO8S2/c1-15-4-7-18(8-5-15)39(33,34)36-14-21-24(30)25(31)26(32)27(37-21)16-6-9-19(28)17(11-16)12-23-29-13-22(38-23)20-3-2-10-35-20/h3-9,11,13,21,24-27,30-32H,2,10,12,14H2,1H3/t21-,24-,25+,26-,27+/m1/s1. The molecule has 3 aromatic rings. The van der Waals surface area contributed by atoms with Crippen LogP contribution in [0.15, 0.2) is 59.6 Å². The fourth-order valence-corrected chi connectivity index (χ4v) is 6.50. The number of ether oxygens (including phenoxy) is 2. The lowest BCUT2D eigenvalue weighted by Crippen LogP contribution is -2.55. The van der Waals surface area contributed by atoms with Gasteiger partial charge in [0.15, 0.2) is 0 Å². The van der Waals surface area contributed by atoms with Gasteiger partial charge in [0.2, 0.25) is 0 Å². The van der Waals surface area contributed by atoms with Crippen LogP contribution in [0.25, 0.3) is 5.76 Å². The van der Waals surface area contributed by atoms with Gasteiger partial charge in [-0.2, -0.15) is 8.42 Å². The first-order valence-corrected chi connectivity index (χ1v) is 14.9. The third kappa shape index (κ3) is 6.21. The zero-order chi connectivity index (χ0) is 27.7. The van der Waals surface area contributed by atoms with E-state index in [-0.39, 0.29) is 4.90 Å². The van der Waals surface area contributed by atoms with Gasteiger partial charge in [-0.25, -0.2) is 4.98 Å². The van der Waals surface area contributed by atoms with Gasteiger partial charge < -0.3 is 24.8 Å². The second-order valence-electron chi connectivity index (χ2n) is 9.47. The van der Waals surface area contributed by atoms with Crippen LogP contribution in [0.5, 0.6) is 0 Å². The number of hydrogen-bond donors (Lipinski definition) is 3. The van der Waals surface area contributed by atoms with Crippen LogP contribution in [0, 0.1) is 6.92 Å². The van der Waals surface area contributed by atoms with Gasteiger partial charge in [-0.3, -0.25) is 4.18 Å². The second kappa shape index (κ2) is 11.6. The minimum atomic E-state index is -4.14. The summed E-state index contributed by atoms with van der Waals surface area (Å²) in [6.45, 7) is 1.93. The molecule has 0 aliphatic carbocycles. The first-order chi connectivity index (χ1) is 18.6. The molecule has 0 spiro atoms. The lowest BCUT2D eigenvalue weighted by molar-refractivity contribution is -0.229. The molecule has 5 rings (SSSR count). The quantitative estimate of drug-likeness (QED) is 0.336. The molecule has 0 bridgehead atoms. The van der Waals surface area contributed by atoms with Crippen molar-refractivity contribution in [2.45, 2.75) is 55.2 Å². The average molecular weight is 594 g/mol. The second-order valence-corrected chi connectivity index (χ2v) is 12.6. The molecule has 39 heavy (non-hydrogen) atoms. The van der Waals surface area contributed by atoms with E-state index in [1.807, 2.05) is 13.0 Å². The minimum absolute atomic E-state index is 0.0426. The molecule has 0 amide bonds. The van der Waals surface area contributed by atoms with E-state index in [1.54, 1.807) is 36.5 Å². The van der Waals surface area contributed by atoms with Crippen molar-refractivity contribution in [3.63, 3.8) is 0 Å². The molecule has 9 nitrogen and oxygen atoms in total. The van der Waals surface area contributed by atoms with Crippen molar-refractivity contribution in [1.29, 1.82) is 0 Å². The number of nitrogens with zero attached hydrogens (tertiary/aromatic N) is 1. The van der Waals surface area contributed by atoms with Gasteiger partial charge in [0.1, 0.15) is 36.3 Å². The number of aliphatic hydroxyl groups is 3. The molecule has 2 aliphatic rings. The summed E-state index contributed by atoms with van der Waals surface area (Å²) in [5.74, 6) is 0.822. The molecule has 0 radical (unpaired) electrons. The fraction of sp³-hybridized carbons (Fsp3) is 0.370. The van der Waals surface area contributed by atoms with E-state index >= 15 is 0 Å². The molecule has 3 N–H and O–H groups in total. The number of benzene rings is 2. The number of rotatable bonds is 8. The lowest BCUT2D eigenvalue weighted by Gasteiger charge is -2.40. The summed E-state index contributed by atoms with van der Waals surface area (Å²) >= 11 is 7.96. The highest BCUT2D eigenvalue weighted by molar-refractivity contribution is 7.86. The van der Waals surface area contributed by atoms with Crippen LogP contribution in [0.2, 0.25) is 5.02 Å². The highest BCUT2D eigenvalue weighted by Gasteiger charge is 2.45. The normalized spacial score (nSPS) is 25.4. The van der Waals surface area contributed by atoms with E-state index < -0.39 is 47.2 Å². The van der Waals surface area contributed by atoms with Gasteiger partial charge in [0.05, 0.1) is 28.0 Å². The summed E-state index contributed by atoms with van der Waals surface area (Å²) in [6.07, 6.45) is -1.87. The Morgan fingerprint density at radius 2 is 1.87 bits per heavy atom. The Kier molecular flexibility index (Phi) is 8.41. The maximum atomic E-state index is 12.6. The zero-order valence-electron chi connectivity index (χ0n) is 20.9. The highest BCUT2D eigenvalue weighted by atomic mass is 35.5. The maximum absolute atomic E-state index is 12.6. The predicted molar refractivity (Wildman–Crippen MR) is 145 cm³/mol. The van der Waals surface area contributed by atoms with E-state index in [0.29, 0.717) is 23.6 Å². The predicted octanol–water partition coefficient (Wildman–Crippen LogP) is 3.39. The molecule has 2 aromatic carbocycles. The Morgan fingerprint density at radius 3 is 2.59 bits per heavy atom. The van der Waals surface area contributed by atoms with E-state index in [1.165, 1.54) is 23.5 Å². The van der Waals surface area contributed by atoms with Gasteiger partial charge in [0, 0.05) is 24.1 Å². The van der Waals surface area contributed by atoms with Crippen molar-refractivity contribution in [3.05, 3.63) is 86.3 Å². The SMILES string of the molecule is Cc1ccc(S(=O)(=O)OC[C@H]2O[C@@H](c3ccc(Cl)c(Cc4ncc(C5=CCCO5)s4)c3)[C@H](O)[C@@H](O)[C@@H]2O)cc1. The summed E-state index contributed by atoms with van der Waals surface area (Å²) in [6, 6.07) is 11.2. The van der Waals surface area contributed by atoms with Crippen molar-refractivity contribution in [3.8, 4) is 0 Å². The van der Waals surface area contributed by atoms with Crippen LogP contribution in [0.3, 0.4) is 0 Å². The van der Waals surface area contributed by atoms with Crippen LogP contribution >= 0.6 is 22.9 Å². The summed E-state index contributed by atoms with van der Waals surface area (Å²) in [5, 5.41) is 33.1. The molecule has 2 aliphatic heterocycles. The van der Waals surface area contributed by atoms with Crippen LogP contribution in [-0.4, -0.2) is 66.4 Å².